The number of hydrogen-bond donors (Lipinski definition) is 1. The van der Waals surface area contributed by atoms with E-state index in [0.29, 0.717) is 6.54 Å². The Balaban J connectivity index is 1.94. The standard InChI is InChI=1S/C21H25FN2O/c1-3-24(4-2)16-19-8-6-5-7-18(19)15-23-21(25)14-11-17-9-12-20(22)13-10-17/h5-14H,3-4,15-16H2,1-2H3,(H,23,25)/b14-11+. The summed E-state index contributed by atoms with van der Waals surface area (Å²) in [6.45, 7) is 7.66. The topological polar surface area (TPSA) is 32.3 Å². The summed E-state index contributed by atoms with van der Waals surface area (Å²) in [5, 5.41) is 2.91. The van der Waals surface area contributed by atoms with Crippen molar-refractivity contribution in [2.75, 3.05) is 13.1 Å². The van der Waals surface area contributed by atoms with Gasteiger partial charge in [-0.25, -0.2) is 4.39 Å². The summed E-state index contributed by atoms with van der Waals surface area (Å²) in [6, 6.07) is 14.2. The fraction of sp³-hybridized carbons (Fsp3) is 0.286. The van der Waals surface area contributed by atoms with Gasteiger partial charge in [-0.05, 0) is 48.0 Å². The highest BCUT2D eigenvalue weighted by Crippen LogP contribution is 2.12. The zero-order chi connectivity index (χ0) is 18.1. The van der Waals surface area contributed by atoms with Gasteiger partial charge in [-0.2, -0.15) is 0 Å². The van der Waals surface area contributed by atoms with Gasteiger partial charge < -0.3 is 5.32 Å². The van der Waals surface area contributed by atoms with Crippen molar-refractivity contribution in [3.8, 4) is 0 Å². The van der Waals surface area contributed by atoms with Crippen LogP contribution in [0.5, 0.6) is 0 Å². The summed E-state index contributed by atoms with van der Waals surface area (Å²) in [7, 11) is 0. The van der Waals surface area contributed by atoms with Crippen LogP contribution < -0.4 is 5.32 Å². The summed E-state index contributed by atoms with van der Waals surface area (Å²) in [5.74, 6) is -0.451. The van der Waals surface area contributed by atoms with E-state index in [1.807, 2.05) is 18.2 Å². The van der Waals surface area contributed by atoms with Crippen LogP contribution >= 0.6 is 0 Å². The fourth-order valence-electron chi connectivity index (χ4n) is 2.56. The number of carbonyl (C=O) groups excluding carboxylic acids is 1. The Morgan fingerprint density at radius 1 is 1.04 bits per heavy atom. The van der Waals surface area contributed by atoms with Crippen LogP contribution in [-0.4, -0.2) is 23.9 Å². The molecule has 0 aliphatic rings. The third kappa shape index (κ3) is 6.16. The van der Waals surface area contributed by atoms with E-state index in [1.54, 1.807) is 18.2 Å². The van der Waals surface area contributed by atoms with Crippen molar-refractivity contribution < 1.29 is 9.18 Å². The predicted molar refractivity (Wildman–Crippen MR) is 100 cm³/mol. The molecule has 0 fully saturated rings. The number of halogens is 1. The second kappa shape index (κ2) is 9.74. The van der Waals surface area contributed by atoms with E-state index in [2.05, 4.69) is 30.1 Å². The van der Waals surface area contributed by atoms with Crippen LogP contribution in [0.3, 0.4) is 0 Å². The molecule has 2 aromatic rings. The Bertz CT molecular complexity index is 706. The lowest BCUT2D eigenvalue weighted by molar-refractivity contribution is -0.116. The number of amides is 1. The Morgan fingerprint density at radius 2 is 1.68 bits per heavy atom. The molecule has 3 nitrogen and oxygen atoms in total. The largest absolute Gasteiger partial charge is 0.348 e. The molecule has 0 spiro atoms. The van der Waals surface area contributed by atoms with Gasteiger partial charge in [0.2, 0.25) is 5.91 Å². The first-order chi connectivity index (χ1) is 12.1. The van der Waals surface area contributed by atoms with Gasteiger partial charge in [0.15, 0.2) is 0 Å². The molecule has 0 aromatic heterocycles. The molecule has 1 N–H and O–H groups in total. The van der Waals surface area contributed by atoms with Gasteiger partial charge in [-0.1, -0.05) is 50.2 Å². The molecule has 132 valence electrons. The maximum atomic E-state index is 12.9. The van der Waals surface area contributed by atoms with Crippen LogP contribution in [0.25, 0.3) is 6.08 Å². The lowest BCUT2D eigenvalue weighted by Gasteiger charge is -2.20. The van der Waals surface area contributed by atoms with Crippen LogP contribution in [0.1, 0.15) is 30.5 Å². The first-order valence-corrected chi connectivity index (χ1v) is 8.63. The average molecular weight is 340 g/mol. The van der Waals surface area contributed by atoms with Crippen LogP contribution in [0.15, 0.2) is 54.6 Å². The Hall–Kier alpha value is -2.46. The quantitative estimate of drug-likeness (QED) is 0.737. The molecule has 0 saturated carbocycles. The van der Waals surface area contributed by atoms with Gasteiger partial charge in [0, 0.05) is 19.2 Å². The third-order valence-electron chi connectivity index (χ3n) is 4.16. The van der Waals surface area contributed by atoms with Crippen LogP contribution in [-0.2, 0) is 17.9 Å². The van der Waals surface area contributed by atoms with Crippen molar-refractivity contribution >= 4 is 12.0 Å². The number of hydrogen-bond acceptors (Lipinski definition) is 2. The van der Waals surface area contributed by atoms with Gasteiger partial charge in [0.1, 0.15) is 5.82 Å². The highest BCUT2D eigenvalue weighted by Gasteiger charge is 2.06. The zero-order valence-electron chi connectivity index (χ0n) is 14.8. The van der Waals surface area contributed by atoms with E-state index in [-0.39, 0.29) is 11.7 Å². The minimum atomic E-state index is -0.286. The minimum absolute atomic E-state index is 0.165. The lowest BCUT2D eigenvalue weighted by atomic mass is 10.1. The maximum absolute atomic E-state index is 12.9. The molecule has 2 aromatic carbocycles. The maximum Gasteiger partial charge on any atom is 0.244 e. The number of rotatable bonds is 8. The number of nitrogens with zero attached hydrogens (tertiary/aromatic N) is 1. The SMILES string of the molecule is CCN(CC)Cc1ccccc1CNC(=O)/C=C/c1ccc(F)cc1. The fourth-order valence-corrected chi connectivity index (χ4v) is 2.56. The number of nitrogens with one attached hydrogen (secondary N) is 1. The molecule has 0 unspecified atom stereocenters. The lowest BCUT2D eigenvalue weighted by Crippen LogP contribution is -2.25. The molecule has 0 heterocycles. The summed E-state index contributed by atoms with van der Waals surface area (Å²) < 4.78 is 12.9. The van der Waals surface area contributed by atoms with E-state index in [4.69, 9.17) is 0 Å². The summed E-state index contributed by atoms with van der Waals surface area (Å²) in [5.41, 5.74) is 3.14. The Kier molecular flexibility index (Phi) is 7.36. The van der Waals surface area contributed by atoms with Crippen LogP contribution in [0, 0.1) is 5.82 Å². The number of benzene rings is 2. The monoisotopic (exact) mass is 340 g/mol. The van der Waals surface area contributed by atoms with Crippen molar-refractivity contribution in [3.05, 3.63) is 77.1 Å². The molecule has 0 aliphatic carbocycles. The van der Waals surface area contributed by atoms with Gasteiger partial charge >= 0.3 is 0 Å². The van der Waals surface area contributed by atoms with E-state index in [9.17, 15) is 9.18 Å². The summed E-state index contributed by atoms with van der Waals surface area (Å²) in [6.07, 6.45) is 3.15. The molecule has 0 radical (unpaired) electrons. The molecule has 1 amide bonds. The van der Waals surface area contributed by atoms with Gasteiger partial charge in [-0.15, -0.1) is 0 Å². The van der Waals surface area contributed by atoms with Gasteiger partial charge in [-0.3, -0.25) is 9.69 Å². The van der Waals surface area contributed by atoms with E-state index >= 15 is 0 Å². The highest BCUT2D eigenvalue weighted by molar-refractivity contribution is 5.91. The molecular formula is C21H25FN2O. The Morgan fingerprint density at radius 3 is 2.32 bits per heavy atom. The third-order valence-corrected chi connectivity index (χ3v) is 4.16. The first kappa shape index (κ1) is 18.9. The summed E-state index contributed by atoms with van der Waals surface area (Å²) in [4.78, 5) is 14.4. The van der Waals surface area contributed by atoms with Gasteiger partial charge in [0.25, 0.3) is 0 Å². The van der Waals surface area contributed by atoms with Crippen molar-refractivity contribution in [2.24, 2.45) is 0 Å². The first-order valence-electron chi connectivity index (χ1n) is 8.63. The normalized spacial score (nSPS) is 11.2. The molecule has 0 saturated heterocycles. The molecular weight excluding hydrogens is 315 g/mol. The minimum Gasteiger partial charge on any atom is -0.348 e. The van der Waals surface area contributed by atoms with Crippen molar-refractivity contribution in [3.63, 3.8) is 0 Å². The van der Waals surface area contributed by atoms with Crippen molar-refractivity contribution in [1.29, 1.82) is 0 Å². The zero-order valence-corrected chi connectivity index (χ0v) is 14.8. The van der Waals surface area contributed by atoms with Crippen molar-refractivity contribution in [1.82, 2.24) is 10.2 Å². The second-order valence-electron chi connectivity index (χ2n) is 5.83. The molecule has 0 aliphatic heterocycles. The molecule has 0 atom stereocenters. The average Bonchev–Trinajstić information content (AvgIpc) is 2.64. The predicted octanol–water partition coefficient (Wildman–Crippen LogP) is 4.00. The van der Waals surface area contributed by atoms with E-state index < -0.39 is 0 Å². The highest BCUT2D eigenvalue weighted by atomic mass is 19.1. The van der Waals surface area contributed by atoms with Crippen LogP contribution in [0.4, 0.5) is 4.39 Å². The summed E-state index contributed by atoms with van der Waals surface area (Å²) >= 11 is 0. The molecule has 0 bridgehead atoms. The molecule has 2 rings (SSSR count). The number of carbonyl (C=O) groups is 1. The van der Waals surface area contributed by atoms with E-state index in [1.165, 1.54) is 23.8 Å². The van der Waals surface area contributed by atoms with Gasteiger partial charge in [0.05, 0.1) is 0 Å². The van der Waals surface area contributed by atoms with Crippen LogP contribution in [0.2, 0.25) is 0 Å². The molecule has 25 heavy (non-hydrogen) atoms. The smallest absolute Gasteiger partial charge is 0.244 e. The second-order valence-corrected chi connectivity index (χ2v) is 5.83. The molecule has 4 heteroatoms. The van der Waals surface area contributed by atoms with Crippen molar-refractivity contribution in [2.45, 2.75) is 26.9 Å². The Labute approximate surface area is 149 Å². The van der Waals surface area contributed by atoms with E-state index in [0.717, 1.165) is 30.8 Å².